The van der Waals surface area contributed by atoms with Crippen molar-refractivity contribution in [3.63, 3.8) is 0 Å². The third kappa shape index (κ3) is 10.5. The predicted octanol–water partition coefficient (Wildman–Crippen LogP) is 1.99. The second kappa shape index (κ2) is 14.6. The molecular weight excluding hydrogens is 492 g/mol. The molecule has 0 aliphatic carbocycles. The van der Waals surface area contributed by atoms with Crippen molar-refractivity contribution in [1.82, 2.24) is 15.5 Å². The second-order valence-corrected chi connectivity index (χ2v) is 9.63. The molecule has 2 atom stereocenters. The average molecular weight is 531 g/mol. The Balaban J connectivity index is 3.36. The third-order valence-corrected chi connectivity index (χ3v) is 5.33. The molecule has 11 heteroatoms. The molecule has 0 saturated heterocycles. The van der Waals surface area contributed by atoms with Gasteiger partial charge in [0, 0.05) is 19.0 Å². The van der Waals surface area contributed by atoms with Gasteiger partial charge in [-0.3, -0.25) is 24.1 Å². The number of aryl methyl sites for hydroxylation is 2. The highest BCUT2D eigenvalue weighted by Gasteiger charge is 2.36. The van der Waals surface area contributed by atoms with Crippen LogP contribution in [0.4, 0.5) is 4.79 Å². The molecule has 4 amide bonds. The number of benzene rings is 1. The topological polar surface area (TPSA) is 157 Å². The van der Waals surface area contributed by atoms with Gasteiger partial charge in [-0.05, 0) is 64.7 Å². The molecule has 38 heavy (non-hydrogen) atoms. The molecular formula is C27H38N4O7. The van der Waals surface area contributed by atoms with Crippen molar-refractivity contribution >= 4 is 29.8 Å². The van der Waals surface area contributed by atoms with Gasteiger partial charge in [-0.25, -0.2) is 4.79 Å². The van der Waals surface area contributed by atoms with Crippen LogP contribution in [0.5, 0.6) is 0 Å². The molecule has 1 aromatic carbocycles. The fourth-order valence-electron chi connectivity index (χ4n) is 3.40. The number of esters is 1. The van der Waals surface area contributed by atoms with E-state index >= 15 is 0 Å². The molecule has 0 aliphatic rings. The number of nitrogens with one attached hydrogen (secondary N) is 2. The van der Waals surface area contributed by atoms with Gasteiger partial charge < -0.3 is 25.8 Å². The smallest absolute Gasteiger partial charge is 0.408 e. The molecule has 0 aromatic heterocycles. The number of carbonyl (C=O) groups is 5. The van der Waals surface area contributed by atoms with Crippen LogP contribution in [0, 0.1) is 26.3 Å². The summed E-state index contributed by atoms with van der Waals surface area (Å²) in [5, 5.41) is 5.05. The van der Waals surface area contributed by atoms with Crippen LogP contribution in [0.1, 0.15) is 69.7 Å². The van der Waals surface area contributed by atoms with Crippen LogP contribution < -0.4 is 16.4 Å². The number of ether oxygens (including phenoxy) is 2. The summed E-state index contributed by atoms with van der Waals surface area (Å²) >= 11 is 0. The molecule has 1 rings (SSSR count). The largest absolute Gasteiger partial charge is 0.466 e. The molecule has 4 N–H and O–H groups in total. The van der Waals surface area contributed by atoms with Gasteiger partial charge >= 0.3 is 12.1 Å². The molecule has 0 aliphatic heterocycles. The first-order valence-corrected chi connectivity index (χ1v) is 12.3. The third-order valence-electron chi connectivity index (χ3n) is 5.33. The van der Waals surface area contributed by atoms with E-state index in [1.54, 1.807) is 45.9 Å². The first-order valence-electron chi connectivity index (χ1n) is 12.3. The minimum absolute atomic E-state index is 0.0487. The molecule has 11 nitrogen and oxygen atoms in total. The quantitative estimate of drug-likeness (QED) is 0.212. The highest BCUT2D eigenvalue weighted by atomic mass is 16.6. The van der Waals surface area contributed by atoms with Crippen LogP contribution in [0.2, 0.25) is 0 Å². The number of hydrogen-bond acceptors (Lipinski definition) is 7. The zero-order chi connectivity index (χ0) is 29.0. The van der Waals surface area contributed by atoms with E-state index in [4.69, 9.17) is 21.6 Å². The van der Waals surface area contributed by atoms with Crippen molar-refractivity contribution in [2.24, 2.45) is 5.73 Å². The van der Waals surface area contributed by atoms with Gasteiger partial charge in [-0.2, -0.15) is 0 Å². The minimum atomic E-state index is -1.31. The van der Waals surface area contributed by atoms with Crippen molar-refractivity contribution in [3.05, 3.63) is 34.9 Å². The molecule has 0 bridgehead atoms. The second-order valence-electron chi connectivity index (χ2n) is 9.63. The highest BCUT2D eigenvalue weighted by molar-refractivity contribution is 5.93. The molecule has 2 unspecified atom stereocenters. The predicted molar refractivity (Wildman–Crippen MR) is 140 cm³/mol. The van der Waals surface area contributed by atoms with E-state index < -0.39 is 47.5 Å². The molecule has 0 radical (unpaired) electrons. The van der Waals surface area contributed by atoms with Crippen LogP contribution in [0.25, 0.3) is 0 Å². The normalized spacial score (nSPS) is 12.3. The first-order chi connectivity index (χ1) is 17.7. The summed E-state index contributed by atoms with van der Waals surface area (Å²) in [6.07, 6.45) is 4.34. The molecule has 0 heterocycles. The van der Waals surface area contributed by atoms with Crippen LogP contribution in [-0.4, -0.2) is 59.5 Å². The van der Waals surface area contributed by atoms with E-state index in [0.717, 1.165) is 16.0 Å². The maximum atomic E-state index is 13.6. The van der Waals surface area contributed by atoms with Crippen LogP contribution in [0.15, 0.2) is 18.2 Å². The number of nitrogens with two attached hydrogens (primary N) is 1. The summed E-state index contributed by atoms with van der Waals surface area (Å²) in [6, 6.07) is 4.81. The molecule has 208 valence electrons. The van der Waals surface area contributed by atoms with Crippen LogP contribution >= 0.6 is 0 Å². The number of terminal acetylenes is 1. The zero-order valence-electron chi connectivity index (χ0n) is 22.9. The standard InChI is InChI=1S/C27H38N4O7/c1-8-31(25(35)20(12-13-21(28)32)30-26(36)38-27(5,6)7)23(19-11-10-17(3)18(4)16-19)24(34)29-15-14-22(33)37-9-2/h1,10-11,16,20,23H,9,12-15H2,2-7H3,(H2,28,32)(H,29,34)(H,30,36). The Morgan fingerprint density at radius 2 is 1.76 bits per heavy atom. The lowest BCUT2D eigenvalue weighted by Gasteiger charge is -2.30. The van der Waals surface area contributed by atoms with Crippen molar-refractivity contribution in [3.8, 4) is 12.5 Å². The summed E-state index contributed by atoms with van der Waals surface area (Å²) in [6.45, 7) is 10.5. The maximum Gasteiger partial charge on any atom is 0.408 e. The van der Waals surface area contributed by atoms with Gasteiger partial charge in [0.1, 0.15) is 17.7 Å². The SMILES string of the molecule is C#CN(C(=O)C(CCC(N)=O)NC(=O)OC(C)(C)C)C(C(=O)NCCC(=O)OCC)c1ccc(C)c(C)c1. The van der Waals surface area contributed by atoms with Crippen molar-refractivity contribution in [2.75, 3.05) is 13.2 Å². The van der Waals surface area contributed by atoms with Gasteiger partial charge in [-0.1, -0.05) is 24.6 Å². The Morgan fingerprint density at radius 1 is 1.11 bits per heavy atom. The number of carbonyl (C=O) groups excluding carboxylic acids is 5. The van der Waals surface area contributed by atoms with Gasteiger partial charge in [0.25, 0.3) is 5.91 Å². The van der Waals surface area contributed by atoms with Gasteiger partial charge in [0.2, 0.25) is 11.8 Å². The Kier molecular flexibility index (Phi) is 12.3. The van der Waals surface area contributed by atoms with E-state index in [2.05, 4.69) is 16.7 Å². The lowest BCUT2D eigenvalue weighted by molar-refractivity contribution is -0.143. The van der Waals surface area contributed by atoms with Crippen LogP contribution in [-0.2, 0) is 28.7 Å². The molecule has 0 fully saturated rings. The average Bonchev–Trinajstić information content (AvgIpc) is 2.80. The Labute approximate surface area is 223 Å². The summed E-state index contributed by atoms with van der Waals surface area (Å²) in [4.78, 5) is 63.4. The van der Waals surface area contributed by atoms with Gasteiger partial charge in [-0.15, -0.1) is 0 Å². The number of amides is 4. The fourth-order valence-corrected chi connectivity index (χ4v) is 3.40. The van der Waals surface area contributed by atoms with E-state index in [-0.39, 0.29) is 32.4 Å². The monoisotopic (exact) mass is 530 g/mol. The molecule has 0 saturated carbocycles. The molecule has 0 spiro atoms. The minimum Gasteiger partial charge on any atom is -0.466 e. The lowest BCUT2D eigenvalue weighted by atomic mass is 9.98. The highest BCUT2D eigenvalue weighted by Crippen LogP contribution is 2.25. The van der Waals surface area contributed by atoms with Crippen molar-refractivity contribution < 1.29 is 33.4 Å². The first kappa shape index (κ1) is 32.0. The Morgan fingerprint density at radius 3 is 2.29 bits per heavy atom. The van der Waals surface area contributed by atoms with E-state index in [1.807, 2.05) is 13.8 Å². The fraction of sp³-hybridized carbons (Fsp3) is 0.519. The van der Waals surface area contributed by atoms with E-state index in [0.29, 0.717) is 5.56 Å². The van der Waals surface area contributed by atoms with E-state index in [1.165, 1.54) is 0 Å². The number of alkyl carbamates (subject to hydrolysis) is 1. The Hall–Kier alpha value is -4.07. The van der Waals surface area contributed by atoms with Gasteiger partial charge in [0.05, 0.1) is 13.0 Å². The lowest BCUT2D eigenvalue weighted by Crippen LogP contribution is -2.51. The summed E-state index contributed by atoms with van der Waals surface area (Å²) < 4.78 is 10.1. The number of primary amides is 1. The van der Waals surface area contributed by atoms with Crippen molar-refractivity contribution in [2.45, 2.75) is 78.5 Å². The summed E-state index contributed by atoms with van der Waals surface area (Å²) in [7, 11) is 0. The van der Waals surface area contributed by atoms with Crippen LogP contribution in [0.3, 0.4) is 0 Å². The van der Waals surface area contributed by atoms with Gasteiger partial charge in [0.15, 0.2) is 0 Å². The number of rotatable bonds is 12. The van der Waals surface area contributed by atoms with Crippen molar-refractivity contribution in [1.29, 1.82) is 0 Å². The zero-order valence-corrected chi connectivity index (χ0v) is 22.9. The maximum absolute atomic E-state index is 13.6. The number of hydrogen-bond donors (Lipinski definition) is 3. The summed E-state index contributed by atoms with van der Waals surface area (Å²) in [5.74, 6) is -2.64. The summed E-state index contributed by atoms with van der Waals surface area (Å²) in [5.41, 5.74) is 6.64. The van der Waals surface area contributed by atoms with E-state index in [9.17, 15) is 24.0 Å². The molecule has 1 aromatic rings. The number of nitrogens with zero attached hydrogens (tertiary/aromatic N) is 1. The Bertz CT molecular complexity index is 1070.